The van der Waals surface area contributed by atoms with Crippen LogP contribution in [0.25, 0.3) is 0 Å². The van der Waals surface area contributed by atoms with Gasteiger partial charge in [-0.15, -0.1) is 0 Å². The Kier molecular flexibility index (Phi) is 4.31. The number of pyridine rings is 1. The number of hydrogen-bond acceptors (Lipinski definition) is 3. The number of rotatable bonds is 4. The summed E-state index contributed by atoms with van der Waals surface area (Å²) in [5.74, 6) is 0.208. The molecule has 1 amide bonds. The Balaban J connectivity index is 1.82. The Bertz CT molecular complexity index is 396. The molecule has 2 rings (SSSR count). The third-order valence-corrected chi connectivity index (χ3v) is 3.35. The molecule has 2 heterocycles. The number of carbonyl (C=O) groups excluding carboxylic acids is 1. The molecule has 1 saturated heterocycles. The van der Waals surface area contributed by atoms with E-state index in [-0.39, 0.29) is 11.9 Å². The zero-order chi connectivity index (χ0) is 13.0. The Morgan fingerprint density at radius 1 is 1.44 bits per heavy atom. The number of amides is 1. The van der Waals surface area contributed by atoms with Crippen molar-refractivity contribution < 1.29 is 4.79 Å². The summed E-state index contributed by atoms with van der Waals surface area (Å²) in [5.41, 5.74) is 2.13. The topological polar surface area (TPSA) is 45.2 Å². The molecule has 1 unspecified atom stereocenters. The lowest BCUT2D eigenvalue weighted by molar-refractivity contribution is -0.131. The molecule has 0 radical (unpaired) electrons. The van der Waals surface area contributed by atoms with E-state index in [1.165, 1.54) is 0 Å². The largest absolute Gasteiger partial charge is 0.341 e. The second-order valence-corrected chi connectivity index (χ2v) is 4.96. The number of likely N-dealkylation sites (tertiary alicyclic amines) is 1. The molecule has 1 aliphatic heterocycles. The number of nitrogens with one attached hydrogen (secondary N) is 1. The quantitative estimate of drug-likeness (QED) is 0.877. The molecule has 1 fully saturated rings. The first-order valence-corrected chi connectivity index (χ1v) is 6.60. The van der Waals surface area contributed by atoms with Crippen LogP contribution in [0.1, 0.15) is 31.0 Å². The molecule has 0 spiro atoms. The van der Waals surface area contributed by atoms with Crippen LogP contribution in [0.5, 0.6) is 0 Å². The zero-order valence-electron chi connectivity index (χ0n) is 11.1. The minimum Gasteiger partial charge on any atom is -0.341 e. The van der Waals surface area contributed by atoms with E-state index in [1.807, 2.05) is 37.1 Å². The summed E-state index contributed by atoms with van der Waals surface area (Å²) < 4.78 is 0. The monoisotopic (exact) mass is 247 g/mol. The molecule has 0 aromatic carbocycles. The van der Waals surface area contributed by atoms with E-state index in [1.54, 1.807) is 0 Å². The summed E-state index contributed by atoms with van der Waals surface area (Å²) in [6, 6.07) is 3.90. The van der Waals surface area contributed by atoms with Crippen molar-refractivity contribution in [3.05, 3.63) is 29.6 Å². The lowest BCUT2D eigenvalue weighted by Crippen LogP contribution is -2.43. The van der Waals surface area contributed by atoms with Crippen LogP contribution in [-0.4, -0.2) is 34.9 Å². The summed E-state index contributed by atoms with van der Waals surface area (Å²) in [6.45, 7) is 6.40. The number of nitrogens with zero attached hydrogens (tertiary/aromatic N) is 2. The first kappa shape index (κ1) is 13.0. The maximum atomic E-state index is 12.1. The molecular formula is C14H21N3O. The molecule has 1 aromatic rings. The van der Waals surface area contributed by atoms with Crippen molar-refractivity contribution in [1.29, 1.82) is 0 Å². The van der Waals surface area contributed by atoms with Crippen LogP contribution in [0.2, 0.25) is 0 Å². The standard InChI is InChI=1S/C14H21N3O/c1-11-5-6-13(16-9-11)10-15-12(2)14(18)17-7-3-4-8-17/h5-6,9,12,15H,3-4,7-8,10H2,1-2H3. The molecule has 1 aromatic heterocycles. The SMILES string of the molecule is Cc1ccc(CNC(C)C(=O)N2CCCC2)nc1. The van der Waals surface area contributed by atoms with Gasteiger partial charge in [0.15, 0.2) is 0 Å². The van der Waals surface area contributed by atoms with E-state index in [0.717, 1.165) is 37.2 Å². The average Bonchev–Trinajstić information content (AvgIpc) is 2.90. The van der Waals surface area contributed by atoms with Crippen LogP contribution in [0, 0.1) is 6.92 Å². The summed E-state index contributed by atoms with van der Waals surface area (Å²) in [6.07, 6.45) is 4.12. The van der Waals surface area contributed by atoms with Crippen LogP contribution in [0.4, 0.5) is 0 Å². The minimum atomic E-state index is -0.133. The highest BCUT2D eigenvalue weighted by Crippen LogP contribution is 2.09. The maximum absolute atomic E-state index is 12.1. The molecule has 18 heavy (non-hydrogen) atoms. The highest BCUT2D eigenvalue weighted by molar-refractivity contribution is 5.81. The van der Waals surface area contributed by atoms with Gasteiger partial charge in [0.25, 0.3) is 0 Å². The van der Waals surface area contributed by atoms with E-state index in [9.17, 15) is 4.79 Å². The number of carbonyl (C=O) groups is 1. The molecule has 1 atom stereocenters. The summed E-state index contributed by atoms with van der Waals surface area (Å²) in [4.78, 5) is 18.3. The fraction of sp³-hybridized carbons (Fsp3) is 0.571. The van der Waals surface area contributed by atoms with Gasteiger partial charge in [0, 0.05) is 25.8 Å². The highest BCUT2D eigenvalue weighted by Gasteiger charge is 2.22. The summed E-state index contributed by atoms with van der Waals surface area (Å²) in [7, 11) is 0. The van der Waals surface area contributed by atoms with Gasteiger partial charge < -0.3 is 10.2 Å². The van der Waals surface area contributed by atoms with Gasteiger partial charge in [-0.3, -0.25) is 9.78 Å². The van der Waals surface area contributed by atoms with Crippen LogP contribution < -0.4 is 5.32 Å². The lowest BCUT2D eigenvalue weighted by atomic mass is 10.2. The fourth-order valence-electron chi connectivity index (χ4n) is 2.16. The van der Waals surface area contributed by atoms with Crippen LogP contribution >= 0.6 is 0 Å². The Labute approximate surface area is 108 Å². The van der Waals surface area contributed by atoms with Crippen molar-refractivity contribution in [2.45, 2.75) is 39.3 Å². The van der Waals surface area contributed by atoms with Crippen molar-refractivity contribution in [2.24, 2.45) is 0 Å². The Hall–Kier alpha value is -1.42. The fourth-order valence-corrected chi connectivity index (χ4v) is 2.16. The van der Waals surface area contributed by atoms with Gasteiger partial charge >= 0.3 is 0 Å². The number of hydrogen-bond donors (Lipinski definition) is 1. The molecule has 98 valence electrons. The third kappa shape index (κ3) is 3.29. The van der Waals surface area contributed by atoms with E-state index >= 15 is 0 Å². The van der Waals surface area contributed by atoms with Crippen molar-refractivity contribution in [2.75, 3.05) is 13.1 Å². The van der Waals surface area contributed by atoms with Crippen molar-refractivity contribution in [3.63, 3.8) is 0 Å². The normalized spacial score (nSPS) is 16.9. The molecule has 1 N–H and O–H groups in total. The summed E-state index contributed by atoms with van der Waals surface area (Å²) >= 11 is 0. The molecule has 0 aliphatic carbocycles. The lowest BCUT2D eigenvalue weighted by Gasteiger charge is -2.21. The van der Waals surface area contributed by atoms with Crippen molar-refractivity contribution >= 4 is 5.91 Å². The molecule has 0 bridgehead atoms. The van der Waals surface area contributed by atoms with E-state index in [4.69, 9.17) is 0 Å². The third-order valence-electron chi connectivity index (χ3n) is 3.35. The van der Waals surface area contributed by atoms with Gasteiger partial charge in [-0.1, -0.05) is 6.07 Å². The van der Waals surface area contributed by atoms with Gasteiger partial charge in [-0.25, -0.2) is 0 Å². The van der Waals surface area contributed by atoms with Gasteiger partial charge in [0.1, 0.15) is 0 Å². The smallest absolute Gasteiger partial charge is 0.239 e. The second kappa shape index (κ2) is 5.96. The van der Waals surface area contributed by atoms with Crippen molar-refractivity contribution in [3.8, 4) is 0 Å². The van der Waals surface area contributed by atoms with Crippen LogP contribution in [0.15, 0.2) is 18.3 Å². The average molecular weight is 247 g/mol. The van der Waals surface area contributed by atoms with Crippen LogP contribution in [-0.2, 0) is 11.3 Å². The van der Waals surface area contributed by atoms with E-state index in [0.29, 0.717) is 6.54 Å². The Morgan fingerprint density at radius 2 is 2.17 bits per heavy atom. The highest BCUT2D eigenvalue weighted by atomic mass is 16.2. The zero-order valence-corrected chi connectivity index (χ0v) is 11.1. The minimum absolute atomic E-state index is 0.133. The first-order chi connectivity index (χ1) is 8.66. The Morgan fingerprint density at radius 3 is 2.78 bits per heavy atom. The number of aryl methyl sites for hydroxylation is 1. The van der Waals surface area contributed by atoms with Gasteiger partial charge in [-0.2, -0.15) is 0 Å². The molecule has 0 saturated carbocycles. The van der Waals surface area contributed by atoms with Crippen molar-refractivity contribution in [1.82, 2.24) is 15.2 Å². The van der Waals surface area contributed by atoms with E-state index in [2.05, 4.69) is 10.3 Å². The van der Waals surface area contributed by atoms with Gasteiger partial charge in [0.2, 0.25) is 5.91 Å². The van der Waals surface area contributed by atoms with Gasteiger partial charge in [0.05, 0.1) is 11.7 Å². The predicted molar refractivity (Wildman–Crippen MR) is 71.1 cm³/mol. The van der Waals surface area contributed by atoms with Crippen LogP contribution in [0.3, 0.4) is 0 Å². The molecule has 4 heteroatoms. The predicted octanol–water partition coefficient (Wildman–Crippen LogP) is 1.49. The second-order valence-electron chi connectivity index (χ2n) is 4.96. The van der Waals surface area contributed by atoms with E-state index < -0.39 is 0 Å². The molecule has 4 nitrogen and oxygen atoms in total. The maximum Gasteiger partial charge on any atom is 0.239 e. The number of aromatic nitrogens is 1. The molecule has 1 aliphatic rings. The molecular weight excluding hydrogens is 226 g/mol. The van der Waals surface area contributed by atoms with Gasteiger partial charge in [-0.05, 0) is 38.3 Å². The first-order valence-electron chi connectivity index (χ1n) is 6.60. The summed E-state index contributed by atoms with van der Waals surface area (Å²) in [5, 5.41) is 3.24.